The first kappa shape index (κ1) is 17.9. The Kier molecular flexibility index (Phi) is 6.05. The van der Waals surface area contributed by atoms with Crippen molar-refractivity contribution in [2.24, 2.45) is 0 Å². The van der Waals surface area contributed by atoms with Crippen LogP contribution in [-0.2, 0) is 9.47 Å². The fourth-order valence-corrected chi connectivity index (χ4v) is 1.97. The summed E-state index contributed by atoms with van der Waals surface area (Å²) in [6, 6.07) is 12.0. The zero-order valence-corrected chi connectivity index (χ0v) is 13.3. The van der Waals surface area contributed by atoms with Gasteiger partial charge in [0.2, 0.25) is 0 Å². The first-order chi connectivity index (χ1) is 12.0. The number of carbonyl (C=O) groups is 2. The van der Waals surface area contributed by atoms with Gasteiger partial charge in [-0.15, -0.1) is 0 Å². The molecule has 0 amide bonds. The predicted octanol–water partition coefficient (Wildman–Crippen LogP) is 2.62. The van der Waals surface area contributed by atoms with E-state index in [-0.39, 0.29) is 30.2 Å². The highest BCUT2D eigenvalue weighted by Crippen LogP contribution is 2.24. The van der Waals surface area contributed by atoms with Crippen LogP contribution in [0.15, 0.2) is 48.5 Å². The van der Waals surface area contributed by atoms with Gasteiger partial charge in [-0.25, -0.2) is 9.59 Å². The van der Waals surface area contributed by atoms with Crippen molar-refractivity contribution in [3.05, 3.63) is 69.8 Å². The number of methoxy groups -OCH3 is 1. The van der Waals surface area contributed by atoms with Crippen LogP contribution in [-0.4, -0.2) is 37.2 Å². The third-order valence-corrected chi connectivity index (χ3v) is 3.17. The molecule has 0 radical (unpaired) electrons. The molecule has 130 valence electrons. The highest BCUT2D eigenvalue weighted by atomic mass is 16.6. The van der Waals surface area contributed by atoms with Gasteiger partial charge in [-0.3, -0.25) is 10.1 Å². The second-order valence-electron chi connectivity index (χ2n) is 4.78. The van der Waals surface area contributed by atoms with Gasteiger partial charge >= 0.3 is 11.9 Å². The van der Waals surface area contributed by atoms with Crippen molar-refractivity contribution < 1.29 is 28.7 Å². The molecule has 0 aliphatic heterocycles. The number of esters is 2. The third kappa shape index (κ3) is 4.77. The molecule has 8 nitrogen and oxygen atoms in total. The SMILES string of the molecule is COc1ccc([N+](=O)[O-])cc1C(=O)OCCOC(=O)c1ccccc1. The van der Waals surface area contributed by atoms with Gasteiger partial charge in [0.05, 0.1) is 17.6 Å². The summed E-state index contributed by atoms with van der Waals surface area (Å²) < 4.78 is 14.9. The van der Waals surface area contributed by atoms with E-state index in [2.05, 4.69) is 0 Å². The fourth-order valence-electron chi connectivity index (χ4n) is 1.97. The Morgan fingerprint density at radius 2 is 1.64 bits per heavy atom. The number of rotatable bonds is 7. The number of nitro groups is 1. The van der Waals surface area contributed by atoms with Gasteiger partial charge in [0, 0.05) is 12.1 Å². The van der Waals surface area contributed by atoms with Crippen molar-refractivity contribution in [1.29, 1.82) is 0 Å². The van der Waals surface area contributed by atoms with Crippen LogP contribution in [0, 0.1) is 10.1 Å². The lowest BCUT2D eigenvalue weighted by molar-refractivity contribution is -0.384. The average Bonchev–Trinajstić information content (AvgIpc) is 2.64. The Labute approximate surface area is 143 Å². The number of hydrogen-bond donors (Lipinski definition) is 0. The van der Waals surface area contributed by atoms with Crippen molar-refractivity contribution >= 4 is 17.6 Å². The molecule has 8 heteroatoms. The Bertz CT molecular complexity index is 774. The normalized spacial score (nSPS) is 9.96. The molecule has 0 saturated carbocycles. The van der Waals surface area contributed by atoms with Gasteiger partial charge in [-0.05, 0) is 18.2 Å². The summed E-state index contributed by atoms with van der Waals surface area (Å²) in [6.07, 6.45) is 0. The maximum Gasteiger partial charge on any atom is 0.342 e. The number of benzene rings is 2. The lowest BCUT2D eigenvalue weighted by Crippen LogP contribution is -2.15. The highest BCUT2D eigenvalue weighted by Gasteiger charge is 2.19. The van der Waals surface area contributed by atoms with Crippen molar-refractivity contribution in [3.63, 3.8) is 0 Å². The minimum atomic E-state index is -0.809. The predicted molar refractivity (Wildman–Crippen MR) is 86.7 cm³/mol. The van der Waals surface area contributed by atoms with Crippen molar-refractivity contribution in [1.82, 2.24) is 0 Å². The zero-order chi connectivity index (χ0) is 18.2. The van der Waals surface area contributed by atoms with Crippen LogP contribution in [0.25, 0.3) is 0 Å². The minimum absolute atomic E-state index is 0.0777. The van der Waals surface area contributed by atoms with Crippen LogP contribution in [0.5, 0.6) is 5.75 Å². The van der Waals surface area contributed by atoms with Crippen LogP contribution >= 0.6 is 0 Å². The van der Waals surface area contributed by atoms with E-state index in [9.17, 15) is 19.7 Å². The molecule has 0 aromatic heterocycles. The van der Waals surface area contributed by atoms with E-state index in [1.165, 1.54) is 19.2 Å². The summed E-state index contributed by atoms with van der Waals surface area (Å²) in [5, 5.41) is 10.8. The first-order valence-electron chi connectivity index (χ1n) is 7.24. The lowest BCUT2D eigenvalue weighted by atomic mass is 10.2. The number of hydrogen-bond acceptors (Lipinski definition) is 7. The topological polar surface area (TPSA) is 105 Å². The second kappa shape index (κ2) is 8.44. The molecule has 0 atom stereocenters. The molecule has 0 heterocycles. The van der Waals surface area contributed by atoms with Crippen LogP contribution in [0.4, 0.5) is 5.69 Å². The summed E-state index contributed by atoms with van der Waals surface area (Å²) in [4.78, 5) is 33.9. The Hall–Kier alpha value is -3.42. The minimum Gasteiger partial charge on any atom is -0.496 e. The molecule has 2 aromatic carbocycles. The van der Waals surface area contributed by atoms with Gasteiger partial charge in [-0.1, -0.05) is 18.2 Å². The molecule has 25 heavy (non-hydrogen) atoms. The van der Waals surface area contributed by atoms with Gasteiger partial charge in [0.1, 0.15) is 24.5 Å². The molecular formula is C17H15NO7. The van der Waals surface area contributed by atoms with E-state index < -0.39 is 16.9 Å². The Morgan fingerprint density at radius 3 is 2.24 bits per heavy atom. The number of nitrogens with zero attached hydrogens (tertiary/aromatic N) is 1. The van der Waals surface area contributed by atoms with Crippen LogP contribution in [0.3, 0.4) is 0 Å². The van der Waals surface area contributed by atoms with Gasteiger partial charge in [0.25, 0.3) is 5.69 Å². The first-order valence-corrected chi connectivity index (χ1v) is 7.24. The molecule has 0 fully saturated rings. The van der Waals surface area contributed by atoms with Crippen LogP contribution in [0.2, 0.25) is 0 Å². The van der Waals surface area contributed by atoms with E-state index in [1.54, 1.807) is 30.3 Å². The number of nitro benzene ring substituents is 1. The van der Waals surface area contributed by atoms with E-state index >= 15 is 0 Å². The second-order valence-corrected chi connectivity index (χ2v) is 4.78. The quantitative estimate of drug-likeness (QED) is 0.329. The highest BCUT2D eigenvalue weighted by molar-refractivity contribution is 5.93. The zero-order valence-electron chi connectivity index (χ0n) is 13.3. The molecule has 0 bridgehead atoms. The van der Waals surface area contributed by atoms with Crippen molar-refractivity contribution in [3.8, 4) is 5.75 Å². The molecule has 0 aliphatic carbocycles. The fraction of sp³-hybridized carbons (Fsp3) is 0.176. The standard InChI is InChI=1S/C17H15NO7/c1-23-15-8-7-13(18(21)22)11-14(15)17(20)25-10-9-24-16(19)12-5-3-2-4-6-12/h2-8,11H,9-10H2,1H3. The summed E-state index contributed by atoms with van der Waals surface area (Å²) in [6.45, 7) is -0.333. The summed E-state index contributed by atoms with van der Waals surface area (Å²) >= 11 is 0. The van der Waals surface area contributed by atoms with Crippen LogP contribution < -0.4 is 4.74 Å². The summed E-state index contributed by atoms with van der Waals surface area (Å²) in [5.74, 6) is -1.20. The maximum atomic E-state index is 12.0. The lowest BCUT2D eigenvalue weighted by Gasteiger charge is -2.09. The van der Waals surface area contributed by atoms with Gasteiger partial charge in [0.15, 0.2) is 0 Å². The Balaban J connectivity index is 1.91. The number of carbonyl (C=O) groups excluding carboxylic acids is 2. The molecule has 2 rings (SSSR count). The number of ether oxygens (including phenoxy) is 3. The van der Waals surface area contributed by atoms with Crippen LogP contribution in [0.1, 0.15) is 20.7 Å². The molecule has 0 N–H and O–H groups in total. The molecule has 0 saturated heterocycles. The Morgan fingerprint density at radius 1 is 1.00 bits per heavy atom. The van der Waals surface area contributed by atoms with E-state index in [1.807, 2.05) is 0 Å². The van der Waals surface area contributed by atoms with Crippen molar-refractivity contribution in [2.75, 3.05) is 20.3 Å². The van der Waals surface area contributed by atoms with Crippen molar-refractivity contribution in [2.45, 2.75) is 0 Å². The monoisotopic (exact) mass is 345 g/mol. The van der Waals surface area contributed by atoms with E-state index in [0.717, 1.165) is 6.07 Å². The molecule has 0 spiro atoms. The number of non-ortho nitro benzene ring substituents is 1. The summed E-state index contributed by atoms with van der Waals surface area (Å²) in [5.41, 5.74) is 0.0449. The summed E-state index contributed by atoms with van der Waals surface area (Å²) in [7, 11) is 1.33. The molecule has 0 unspecified atom stereocenters. The van der Waals surface area contributed by atoms with E-state index in [0.29, 0.717) is 5.56 Å². The van der Waals surface area contributed by atoms with E-state index in [4.69, 9.17) is 14.2 Å². The molecule has 0 aliphatic rings. The van der Waals surface area contributed by atoms with Gasteiger partial charge < -0.3 is 14.2 Å². The molecular weight excluding hydrogens is 330 g/mol. The third-order valence-electron chi connectivity index (χ3n) is 3.17. The molecule has 2 aromatic rings. The smallest absolute Gasteiger partial charge is 0.342 e. The maximum absolute atomic E-state index is 12.0. The average molecular weight is 345 g/mol. The van der Waals surface area contributed by atoms with Gasteiger partial charge in [-0.2, -0.15) is 0 Å². The largest absolute Gasteiger partial charge is 0.496 e.